The molecule has 145 heavy (non-hydrogen) atoms. The van der Waals surface area contributed by atoms with Crippen molar-refractivity contribution >= 4 is 138 Å². The number of carboxylic acids is 5. The normalized spacial score (nSPS) is 12.9. The molecule has 0 heterocycles. The Morgan fingerprint density at radius 3 is 0.897 bits per heavy atom. The number of hydrogen-bond donors (Lipinski definition) is 14. The first-order valence-electron chi connectivity index (χ1n) is 48.7. The predicted molar refractivity (Wildman–Crippen MR) is 559 cm³/mol. The molecule has 14 N–H and O–H groups in total. The van der Waals surface area contributed by atoms with E-state index in [2.05, 4.69) is 50.9 Å². The fourth-order valence-corrected chi connectivity index (χ4v) is 11.9. The van der Waals surface area contributed by atoms with E-state index in [9.17, 15) is 113 Å². The van der Waals surface area contributed by atoms with Gasteiger partial charge in [0.05, 0.1) is 81.5 Å². The molecule has 0 spiro atoms. The summed E-state index contributed by atoms with van der Waals surface area (Å²) >= 11 is 0. The number of hydrogen-bond acceptors (Lipinski definition) is 30. The van der Waals surface area contributed by atoms with E-state index in [0.29, 0.717) is 102 Å². The topological polar surface area (TPSA) is 732 Å². The molecule has 8 unspecified atom stereocenters. The van der Waals surface area contributed by atoms with Gasteiger partial charge in [0.1, 0.15) is 13.2 Å². The van der Waals surface area contributed by atoms with E-state index in [1.807, 2.05) is 125 Å². The van der Waals surface area contributed by atoms with Crippen molar-refractivity contribution in [2.45, 2.75) is 381 Å². The highest BCUT2D eigenvalue weighted by atomic mass is 32.2. The molecule has 50 heteroatoms. The molecule has 0 aromatic carbocycles. The third-order valence-electron chi connectivity index (χ3n) is 21.9. The van der Waals surface area contributed by atoms with Crippen LogP contribution in [0.1, 0.15) is 376 Å². The number of carbonyl (C=O) groups is 13. The number of ether oxygens (including phenoxy) is 5. The van der Waals surface area contributed by atoms with Gasteiger partial charge in [-0.1, -0.05) is 212 Å². The number of unbranched alkanes of at least 4 members (excludes halogenated alkanes) is 3. The second-order valence-corrected chi connectivity index (χ2v) is 47.2. The van der Waals surface area contributed by atoms with E-state index in [4.69, 9.17) is 62.3 Å². The summed E-state index contributed by atoms with van der Waals surface area (Å²) in [5.41, 5.74) is -2.40. The Bertz CT molecular complexity index is 4250. The zero-order valence-corrected chi connectivity index (χ0v) is 96.8. The summed E-state index contributed by atoms with van der Waals surface area (Å²) in [6, 6.07) is 0. The number of carbonyl (C=O) groups excluding carboxylic acids is 8. The van der Waals surface area contributed by atoms with Crippen LogP contribution in [0.2, 0.25) is 0 Å². The van der Waals surface area contributed by atoms with Crippen LogP contribution in [-0.2, 0) is 147 Å². The fraction of sp³-hybridized carbons (Fsp3) is 0.863. The molecule has 0 aliphatic carbocycles. The zero-order chi connectivity index (χ0) is 116. The van der Waals surface area contributed by atoms with Gasteiger partial charge in [-0.3, -0.25) is 80.1 Å². The lowest BCUT2D eigenvalue weighted by molar-refractivity contribution is -0.162. The molecule has 0 saturated carbocycles. The van der Waals surface area contributed by atoms with Crippen LogP contribution in [0.3, 0.4) is 0 Å². The van der Waals surface area contributed by atoms with Crippen molar-refractivity contribution in [3.05, 3.63) is 0 Å². The predicted octanol–water partition coefficient (Wildman–Crippen LogP) is 15.9. The highest BCUT2D eigenvalue weighted by molar-refractivity contribution is 7.87. The van der Waals surface area contributed by atoms with Crippen LogP contribution in [0.4, 0.5) is 0 Å². The van der Waals surface area contributed by atoms with Gasteiger partial charge in [0, 0.05) is 42.8 Å². The van der Waals surface area contributed by atoms with Gasteiger partial charge in [-0.15, -0.1) is 0 Å². The molecule has 0 aromatic rings. The van der Waals surface area contributed by atoms with Crippen LogP contribution in [0.25, 0.3) is 0 Å². The monoisotopic (exact) mass is 2220 g/mol. The zero-order valence-electron chi connectivity index (χ0n) is 91.9. The number of nitrogens with one attached hydrogen (secondary N) is 3. The Hall–Kier alpha value is -7.43. The van der Waals surface area contributed by atoms with Crippen molar-refractivity contribution in [1.82, 2.24) is 16.0 Å². The van der Waals surface area contributed by atoms with Gasteiger partial charge in [0.25, 0.3) is 60.7 Å². The third-order valence-corrected chi connectivity index (χ3v) is 27.6. The average molecular weight is 2230 g/mol. The van der Waals surface area contributed by atoms with E-state index in [1.54, 1.807) is 62.3 Å². The summed E-state index contributed by atoms with van der Waals surface area (Å²) in [6.07, 6.45) is 15.9. The highest BCUT2D eigenvalue weighted by Gasteiger charge is 2.31. The Labute approximate surface area is 869 Å². The van der Waals surface area contributed by atoms with Crippen LogP contribution in [-0.4, -0.2) is 267 Å². The number of amides is 3. The molecule has 0 aliphatic heterocycles. The summed E-state index contributed by atoms with van der Waals surface area (Å²) in [4.78, 5) is 140. The summed E-state index contributed by atoms with van der Waals surface area (Å²) < 4.78 is 197. The van der Waals surface area contributed by atoms with Crippen molar-refractivity contribution in [3.63, 3.8) is 0 Å². The van der Waals surface area contributed by atoms with Gasteiger partial charge >= 0.3 is 59.7 Å². The lowest BCUT2D eigenvalue weighted by Crippen LogP contribution is -2.39. The molecule has 0 radical (unpaired) electrons. The minimum absolute atomic E-state index is 0. The smallest absolute Gasteiger partial charge is 0.341 e. The van der Waals surface area contributed by atoms with Crippen LogP contribution in [0, 0.1) is 68.5 Å². The summed E-state index contributed by atoms with van der Waals surface area (Å²) in [6.45, 7) is 57.9. The van der Waals surface area contributed by atoms with Crippen molar-refractivity contribution in [2.75, 3.05) is 81.4 Å². The summed E-state index contributed by atoms with van der Waals surface area (Å²) in [5.74, 6) is -7.33. The first-order valence-corrected chi connectivity index (χ1v) is 58.2. The van der Waals surface area contributed by atoms with Gasteiger partial charge in [-0.05, 0) is 168 Å². The molecule has 44 nitrogen and oxygen atoms in total. The van der Waals surface area contributed by atoms with Crippen LogP contribution in [0.15, 0.2) is 0 Å². The molecule has 0 aromatic heterocycles. The molecule has 0 aliphatic rings. The maximum atomic E-state index is 11.6. The molecule has 3 amide bonds. The summed E-state index contributed by atoms with van der Waals surface area (Å²) in [5, 5.41) is 48.7. The molecular weight excluding hydrogens is 2030 g/mol. The van der Waals surface area contributed by atoms with E-state index in [-0.39, 0.29) is 152 Å². The molecule has 0 bridgehead atoms. The van der Waals surface area contributed by atoms with Gasteiger partial charge in [0.15, 0.2) is 13.2 Å². The molecule has 8 atom stereocenters. The Morgan fingerprint density at radius 2 is 0.607 bits per heavy atom. The molecule has 0 fully saturated rings. The van der Waals surface area contributed by atoms with E-state index < -0.39 is 143 Å². The quantitative estimate of drug-likeness (QED) is 0.0116. The van der Waals surface area contributed by atoms with Gasteiger partial charge in [-0.25, -0.2) is 9.59 Å². The summed E-state index contributed by atoms with van der Waals surface area (Å²) in [7, 11) is -22.9. The van der Waals surface area contributed by atoms with Crippen molar-refractivity contribution < 1.29 is 189 Å². The highest BCUT2D eigenvalue weighted by Crippen LogP contribution is 2.25. The van der Waals surface area contributed by atoms with Crippen molar-refractivity contribution in [1.29, 1.82) is 0 Å². The minimum Gasteiger partial charge on any atom is -0.481 e. The molecule has 0 rings (SSSR count). The minimum atomic E-state index is -3.96. The van der Waals surface area contributed by atoms with E-state index in [0.717, 1.165) is 31.6 Å². The maximum absolute atomic E-state index is 11.6. The second-order valence-electron chi connectivity index (χ2n) is 37.6. The standard InChI is InChI=1S/2C10H21NO4S.C10H18O4.C9H19NO4S.C9H16O4.2C8H14O4.C8H18.C7H12O4.C6H14O3S.C5H12O3S.C4H10O3S.CH4/c1-5-10(3,4)9(12)11-6-8(2)7-16(13,14)15;1-4-10(2,3)9(12)11-7-5-6-8-16(13,14)15;1-4-10(2,3)9(13)14-7-5-6-8(11)12;1-3-8(2)9(11)10-6-4-5-7-15(12,13)14;1-4-9(2,3)8(12)13-6-5-7(10)11;1-4-8(2,3)7(11)12-5-6(9)10;1-3-6(2)8(11)12-5-4-7(9)10;1-4-6-7-8(3)5-2;1-3-5(2)7(10)11-4-6(8)9;1-3-6(2)4-5-10(7,8)9;1-3-5(2)4-9(6,7)8;1-3-4(2)8(5,6)7;/h8H,5-7H2,1-4H3,(H,11,12)(H,13,14,15);4-8H2,1-3H3,(H,11,12)(H,13,14,15);4-7H2,1-3H3,(H,11,12);8H,3-7H2,1-2H3,(H,10,11)(H,12,13,14);4-6H2,1-3H3,(H,10,11);4-5H2,1-3H3,(H,9,10);6H,3-5H2,1-2H3,(H,9,10);8H,4-7H2,1-3H3;5H,3-4H2,1-2H3,(H,8,9);6H,3-5H2,1-2H3,(H,7,8,9);5H,3-4H2,1-2H3,(H,6,7,8);4H,3H2,1-2H3,(H,5,6,7);1H4. The van der Waals surface area contributed by atoms with Crippen molar-refractivity contribution in [3.8, 4) is 0 Å². The van der Waals surface area contributed by atoms with E-state index >= 15 is 0 Å². The Balaban J connectivity index is -0.000000120. The number of aliphatic carboxylic acids is 5. The first kappa shape index (κ1) is 165. The van der Waals surface area contributed by atoms with Gasteiger partial charge in [-0.2, -0.15) is 50.5 Å². The first-order chi connectivity index (χ1) is 65.2. The third kappa shape index (κ3) is 123. The van der Waals surface area contributed by atoms with E-state index in [1.165, 1.54) is 32.6 Å². The Morgan fingerprint density at radius 1 is 0.297 bits per heavy atom. The largest absolute Gasteiger partial charge is 0.481 e. The number of rotatable bonds is 57. The average Bonchev–Trinajstić information content (AvgIpc) is 0.808. The lowest BCUT2D eigenvalue weighted by Gasteiger charge is -2.22. The maximum Gasteiger partial charge on any atom is 0.341 e. The number of carboxylic acid groups (broad SMARTS) is 5. The van der Waals surface area contributed by atoms with Crippen LogP contribution in [0.5, 0.6) is 0 Å². The number of esters is 5. The Kier molecular flexibility index (Phi) is 103. The van der Waals surface area contributed by atoms with Crippen molar-refractivity contribution in [2.24, 2.45) is 68.5 Å². The molecular formula is C95H193N3O41S6. The SMILES string of the molecule is C.CCC(C)(C)C(=O)NCC(C)CS(=O)(=O)O.CCC(C)(C)C(=O)NCCCCS(=O)(=O)O.CCC(C)(C)C(=O)OCC(=O)O.CCC(C)(C)C(=O)OCCC(=O)O.CCC(C)(C)C(=O)OCCCC(=O)O.CCC(C)C(=O)NCCCCS(=O)(=O)O.CCC(C)C(=O)OCC(=O)O.CCC(C)C(=O)OCCC(=O)O.CCC(C)CCS(=O)(=O)O.CCC(C)CS(=O)(=O)O.CCC(C)S(=O)(=O)O.CCCCC(C)CC. The van der Waals surface area contributed by atoms with Crippen LogP contribution < -0.4 is 16.0 Å². The van der Waals surface area contributed by atoms with Gasteiger partial charge < -0.3 is 65.2 Å². The lowest BCUT2D eigenvalue weighted by atomic mass is 9.89. The molecule has 870 valence electrons. The molecule has 0 saturated heterocycles. The van der Waals surface area contributed by atoms with Crippen LogP contribution >= 0.6 is 0 Å². The van der Waals surface area contributed by atoms with Gasteiger partial charge in [0.2, 0.25) is 17.7 Å². The fourth-order valence-electron chi connectivity index (χ4n) is 7.83. The second kappa shape index (κ2) is 90.5.